The molecule has 1 N–H and O–H groups in total. The van der Waals surface area contributed by atoms with Gasteiger partial charge in [-0.2, -0.15) is 0 Å². The molecule has 1 aromatic carbocycles. The fourth-order valence-electron chi connectivity index (χ4n) is 2.36. The molecule has 5 heteroatoms. The normalized spacial score (nSPS) is 16.8. The van der Waals surface area contributed by atoms with Crippen molar-refractivity contribution in [3.05, 3.63) is 28.8 Å². The number of rotatable bonds is 10. The molecule has 1 aromatic rings. The first-order valence-electron chi connectivity index (χ1n) is 7.52. The number of benzene rings is 1. The van der Waals surface area contributed by atoms with E-state index in [-0.39, 0.29) is 6.10 Å². The molecule has 4 nitrogen and oxygen atoms in total. The predicted molar refractivity (Wildman–Crippen MR) is 84.4 cm³/mol. The molecule has 1 atom stereocenters. The van der Waals surface area contributed by atoms with E-state index < -0.39 is 0 Å². The molecule has 0 aromatic heterocycles. The van der Waals surface area contributed by atoms with Crippen molar-refractivity contribution in [3.8, 4) is 5.75 Å². The Hall–Kier alpha value is -0.810. The van der Waals surface area contributed by atoms with Gasteiger partial charge in [-0.3, -0.25) is 0 Å². The van der Waals surface area contributed by atoms with Crippen LogP contribution in [0.25, 0.3) is 0 Å². The van der Waals surface area contributed by atoms with Crippen LogP contribution in [0.15, 0.2) is 18.2 Å². The van der Waals surface area contributed by atoms with Crippen molar-refractivity contribution >= 4 is 11.6 Å². The fourth-order valence-corrected chi connectivity index (χ4v) is 2.56. The minimum atomic E-state index is 0.219. The summed E-state index contributed by atoms with van der Waals surface area (Å²) in [5.41, 5.74) is 1.21. The third-order valence-corrected chi connectivity index (χ3v) is 3.69. The van der Waals surface area contributed by atoms with Gasteiger partial charge in [0.2, 0.25) is 0 Å². The summed E-state index contributed by atoms with van der Waals surface area (Å²) in [4.78, 5) is 0. The van der Waals surface area contributed by atoms with Crippen LogP contribution in [0.3, 0.4) is 0 Å². The van der Waals surface area contributed by atoms with E-state index in [1.54, 1.807) is 7.11 Å². The van der Waals surface area contributed by atoms with Crippen LogP contribution in [0, 0.1) is 0 Å². The summed E-state index contributed by atoms with van der Waals surface area (Å²) in [7, 11) is 1.69. The quantitative estimate of drug-likeness (QED) is 0.674. The highest BCUT2D eigenvalue weighted by atomic mass is 35.5. The lowest BCUT2D eigenvalue weighted by Crippen LogP contribution is -2.30. The SMILES string of the molecule is COCCOCCCCNCC1Cc2cc(Cl)ccc2O1. The molecule has 2 rings (SSSR count). The zero-order chi connectivity index (χ0) is 14.9. The largest absolute Gasteiger partial charge is 0.488 e. The van der Waals surface area contributed by atoms with Gasteiger partial charge in [-0.15, -0.1) is 0 Å². The lowest BCUT2D eigenvalue weighted by molar-refractivity contribution is 0.0687. The maximum atomic E-state index is 5.99. The van der Waals surface area contributed by atoms with Crippen LogP contribution in [0.1, 0.15) is 18.4 Å². The molecule has 118 valence electrons. The molecule has 1 aliphatic heterocycles. The van der Waals surface area contributed by atoms with Crippen LogP contribution in [-0.4, -0.2) is 46.1 Å². The predicted octanol–water partition coefficient (Wildman–Crippen LogP) is 2.68. The van der Waals surface area contributed by atoms with E-state index in [1.165, 1.54) is 5.56 Å². The van der Waals surface area contributed by atoms with Crippen molar-refractivity contribution in [1.82, 2.24) is 5.32 Å². The summed E-state index contributed by atoms with van der Waals surface area (Å²) < 4.78 is 16.2. The van der Waals surface area contributed by atoms with E-state index in [0.29, 0.717) is 13.2 Å². The first-order valence-corrected chi connectivity index (χ1v) is 7.90. The molecule has 1 heterocycles. The van der Waals surface area contributed by atoms with Crippen molar-refractivity contribution in [3.63, 3.8) is 0 Å². The van der Waals surface area contributed by atoms with Crippen LogP contribution in [0.2, 0.25) is 5.02 Å². The van der Waals surface area contributed by atoms with Crippen molar-refractivity contribution in [2.45, 2.75) is 25.4 Å². The molecule has 0 saturated carbocycles. The Bertz CT molecular complexity index is 428. The minimum absolute atomic E-state index is 0.219. The van der Waals surface area contributed by atoms with Crippen LogP contribution >= 0.6 is 11.6 Å². The lowest BCUT2D eigenvalue weighted by Gasteiger charge is -2.11. The van der Waals surface area contributed by atoms with Gasteiger partial charge < -0.3 is 19.5 Å². The summed E-state index contributed by atoms with van der Waals surface area (Å²) in [5.74, 6) is 0.970. The molecular formula is C16H24ClNO3. The zero-order valence-electron chi connectivity index (χ0n) is 12.6. The van der Waals surface area contributed by atoms with Crippen molar-refractivity contribution in [2.75, 3.05) is 40.0 Å². The van der Waals surface area contributed by atoms with Gasteiger partial charge in [0.15, 0.2) is 0 Å². The lowest BCUT2D eigenvalue weighted by atomic mass is 10.1. The zero-order valence-corrected chi connectivity index (χ0v) is 13.3. The molecule has 0 spiro atoms. The molecule has 0 bridgehead atoms. The van der Waals surface area contributed by atoms with Gasteiger partial charge >= 0.3 is 0 Å². The highest BCUT2D eigenvalue weighted by molar-refractivity contribution is 6.30. The summed E-state index contributed by atoms with van der Waals surface area (Å²) in [6.45, 7) is 4.01. The third kappa shape index (κ3) is 5.83. The molecule has 1 unspecified atom stereocenters. The Morgan fingerprint density at radius 1 is 1.29 bits per heavy atom. The Morgan fingerprint density at radius 2 is 2.19 bits per heavy atom. The van der Waals surface area contributed by atoms with E-state index in [2.05, 4.69) is 5.32 Å². The average Bonchev–Trinajstić information content (AvgIpc) is 2.87. The van der Waals surface area contributed by atoms with Gasteiger partial charge in [-0.25, -0.2) is 0 Å². The standard InChI is InChI=1S/C16H24ClNO3/c1-19-8-9-20-7-3-2-6-18-12-15-11-13-10-14(17)4-5-16(13)21-15/h4-5,10,15,18H,2-3,6-9,11-12H2,1H3. The summed E-state index contributed by atoms with van der Waals surface area (Å²) in [6.07, 6.45) is 3.33. The molecule has 0 fully saturated rings. The number of ether oxygens (including phenoxy) is 3. The van der Waals surface area contributed by atoms with Crippen LogP contribution in [0.4, 0.5) is 0 Å². The number of methoxy groups -OCH3 is 1. The number of unbranched alkanes of at least 4 members (excludes halogenated alkanes) is 1. The summed E-state index contributed by atoms with van der Waals surface area (Å²) in [5, 5.41) is 4.22. The van der Waals surface area contributed by atoms with Gasteiger partial charge in [0, 0.05) is 31.7 Å². The molecule has 0 radical (unpaired) electrons. The molecular weight excluding hydrogens is 290 g/mol. The molecule has 0 saturated heterocycles. The Balaban J connectivity index is 1.49. The second-order valence-corrected chi connectivity index (χ2v) is 5.65. The molecule has 0 amide bonds. The van der Waals surface area contributed by atoms with Crippen molar-refractivity contribution in [1.29, 1.82) is 0 Å². The van der Waals surface area contributed by atoms with E-state index in [4.69, 9.17) is 25.8 Å². The van der Waals surface area contributed by atoms with E-state index in [9.17, 15) is 0 Å². The van der Waals surface area contributed by atoms with Gasteiger partial charge in [0.25, 0.3) is 0 Å². The number of hydrogen-bond acceptors (Lipinski definition) is 4. The second kappa shape index (κ2) is 9.26. The second-order valence-electron chi connectivity index (χ2n) is 5.21. The maximum absolute atomic E-state index is 5.99. The molecule has 1 aliphatic rings. The summed E-state index contributed by atoms with van der Waals surface area (Å²) >= 11 is 5.99. The van der Waals surface area contributed by atoms with Crippen molar-refractivity contribution in [2.24, 2.45) is 0 Å². The third-order valence-electron chi connectivity index (χ3n) is 3.46. The Kier molecular flexibility index (Phi) is 7.30. The van der Waals surface area contributed by atoms with Gasteiger partial charge in [0.05, 0.1) is 13.2 Å². The highest BCUT2D eigenvalue weighted by Gasteiger charge is 2.22. The smallest absolute Gasteiger partial charge is 0.123 e. The van der Waals surface area contributed by atoms with E-state index in [1.807, 2.05) is 18.2 Å². The van der Waals surface area contributed by atoms with Gasteiger partial charge in [-0.05, 0) is 43.1 Å². The monoisotopic (exact) mass is 313 g/mol. The highest BCUT2D eigenvalue weighted by Crippen LogP contribution is 2.30. The van der Waals surface area contributed by atoms with Crippen LogP contribution in [-0.2, 0) is 15.9 Å². The number of halogens is 1. The van der Waals surface area contributed by atoms with Crippen molar-refractivity contribution < 1.29 is 14.2 Å². The van der Waals surface area contributed by atoms with E-state index >= 15 is 0 Å². The number of hydrogen-bond donors (Lipinski definition) is 1. The van der Waals surface area contributed by atoms with Gasteiger partial charge in [0.1, 0.15) is 11.9 Å². The number of fused-ring (bicyclic) bond motifs is 1. The topological polar surface area (TPSA) is 39.7 Å². The van der Waals surface area contributed by atoms with Crippen LogP contribution in [0.5, 0.6) is 5.75 Å². The fraction of sp³-hybridized carbons (Fsp3) is 0.625. The summed E-state index contributed by atoms with van der Waals surface area (Å²) in [6, 6.07) is 5.82. The Labute approximate surface area is 131 Å². The van der Waals surface area contributed by atoms with Crippen LogP contribution < -0.4 is 10.1 Å². The Morgan fingerprint density at radius 3 is 3.05 bits per heavy atom. The van der Waals surface area contributed by atoms with E-state index in [0.717, 1.165) is 49.7 Å². The first-order chi connectivity index (χ1) is 10.3. The molecule has 21 heavy (non-hydrogen) atoms. The average molecular weight is 314 g/mol. The van der Waals surface area contributed by atoms with Gasteiger partial charge in [-0.1, -0.05) is 11.6 Å². The number of nitrogens with one attached hydrogen (secondary N) is 1. The molecule has 0 aliphatic carbocycles. The first kappa shape index (κ1) is 16.6. The maximum Gasteiger partial charge on any atom is 0.123 e. The minimum Gasteiger partial charge on any atom is -0.488 e.